The van der Waals surface area contributed by atoms with E-state index in [1.54, 1.807) is 12.1 Å². The smallest absolute Gasteiger partial charge is 0.242 e. The Morgan fingerprint density at radius 1 is 0.848 bits per heavy atom. The third-order valence-corrected chi connectivity index (χ3v) is 7.99. The summed E-state index contributed by atoms with van der Waals surface area (Å²) in [6.07, 6.45) is 1.64. The molecule has 0 spiro atoms. The van der Waals surface area contributed by atoms with Gasteiger partial charge in [-0.3, -0.25) is 38.5 Å². The van der Waals surface area contributed by atoms with Gasteiger partial charge in [-0.1, -0.05) is 12.1 Å². The van der Waals surface area contributed by atoms with Gasteiger partial charge in [-0.05, 0) is 31.0 Å². The second kappa shape index (κ2) is 22.0. The Balaban J connectivity index is 1.46. The maximum absolute atomic E-state index is 12.5. The fraction of sp³-hybridized carbons (Fsp3) is 0.581. The van der Waals surface area contributed by atoms with Gasteiger partial charge in [0, 0.05) is 63.2 Å². The Labute approximate surface area is 273 Å². The largest absolute Gasteiger partial charge is 0.379 e. The molecule has 0 radical (unpaired) electrons. The number of Topliss-reactive ketones (excluding diaryl/α,β-unsaturated/α-hetero) is 2. The summed E-state index contributed by atoms with van der Waals surface area (Å²) in [5, 5.41) is 7.65. The number of nitrogens with zero attached hydrogens (tertiary/aromatic N) is 1. The molecule has 1 fully saturated rings. The van der Waals surface area contributed by atoms with Crippen LogP contribution in [-0.4, -0.2) is 110 Å². The van der Waals surface area contributed by atoms with Gasteiger partial charge in [-0.25, -0.2) is 0 Å². The van der Waals surface area contributed by atoms with Gasteiger partial charge in [-0.2, -0.15) is 0 Å². The van der Waals surface area contributed by atoms with E-state index in [1.165, 1.54) is 18.7 Å². The van der Waals surface area contributed by atoms with Crippen molar-refractivity contribution in [2.24, 2.45) is 5.73 Å². The molecule has 46 heavy (non-hydrogen) atoms. The molecule has 0 saturated carbocycles. The van der Waals surface area contributed by atoms with Crippen LogP contribution >= 0.6 is 11.8 Å². The maximum atomic E-state index is 12.5. The number of likely N-dealkylation sites (tertiary alicyclic amines) is 1. The fourth-order valence-electron chi connectivity index (χ4n) is 4.19. The number of imide groups is 1. The first-order valence-corrected chi connectivity index (χ1v) is 16.4. The Hall–Kier alpha value is -3.66. The zero-order valence-electron chi connectivity index (χ0n) is 26.3. The molecule has 5 amide bonds. The van der Waals surface area contributed by atoms with Crippen LogP contribution in [0.2, 0.25) is 0 Å². The van der Waals surface area contributed by atoms with Gasteiger partial charge in [0.1, 0.15) is 11.6 Å². The standard InChI is InChI=1S/C31H45N5O9S/c1-22(37)8-12-33-27(39)7-4-23-2-5-24(6-3-23)35-29(41)10-15-44-17-18-45-16-13-34-28(40)9-14-36-30(42)20-26(31(36)43)46-19-11-25(38)21-32/h2-3,5-6,26H,4,7-21,32H2,1H3,(H,33,39)(H,34,40)(H,35,41). The molecule has 1 saturated heterocycles. The van der Waals surface area contributed by atoms with Crippen molar-refractivity contribution >= 4 is 58.6 Å². The number of ether oxygens (including phenoxy) is 2. The average Bonchev–Trinajstić information content (AvgIpc) is 3.29. The lowest BCUT2D eigenvalue weighted by atomic mass is 10.1. The van der Waals surface area contributed by atoms with Crippen molar-refractivity contribution in [1.82, 2.24) is 15.5 Å². The summed E-state index contributed by atoms with van der Waals surface area (Å²) in [5.41, 5.74) is 6.87. The van der Waals surface area contributed by atoms with Crippen LogP contribution in [0.25, 0.3) is 0 Å². The van der Waals surface area contributed by atoms with E-state index in [1.807, 2.05) is 12.1 Å². The molecule has 2 rings (SSSR count). The van der Waals surface area contributed by atoms with Gasteiger partial charge in [0.15, 0.2) is 0 Å². The third kappa shape index (κ3) is 16.1. The average molecular weight is 664 g/mol. The van der Waals surface area contributed by atoms with Gasteiger partial charge in [0.05, 0.1) is 44.6 Å². The van der Waals surface area contributed by atoms with Crippen molar-refractivity contribution in [3.05, 3.63) is 29.8 Å². The van der Waals surface area contributed by atoms with Crippen LogP contribution in [0.1, 0.15) is 51.0 Å². The molecule has 1 atom stereocenters. The molecule has 0 aromatic heterocycles. The molecule has 14 nitrogen and oxygen atoms in total. The second-order valence-corrected chi connectivity index (χ2v) is 11.9. The number of hydrogen-bond donors (Lipinski definition) is 4. The number of amides is 5. The van der Waals surface area contributed by atoms with Gasteiger partial charge in [-0.15, -0.1) is 11.8 Å². The fourth-order valence-corrected chi connectivity index (χ4v) is 5.35. The summed E-state index contributed by atoms with van der Waals surface area (Å²) < 4.78 is 10.8. The van der Waals surface area contributed by atoms with E-state index >= 15 is 0 Å². The number of aryl methyl sites for hydroxylation is 1. The molecule has 0 bridgehead atoms. The number of carbonyl (C=O) groups is 7. The molecular formula is C31H45N5O9S. The van der Waals surface area contributed by atoms with Crippen LogP contribution in [0, 0.1) is 0 Å². The third-order valence-electron chi connectivity index (χ3n) is 6.78. The Morgan fingerprint density at radius 3 is 2.22 bits per heavy atom. The molecule has 5 N–H and O–H groups in total. The van der Waals surface area contributed by atoms with E-state index in [0.29, 0.717) is 37.2 Å². The van der Waals surface area contributed by atoms with Crippen LogP contribution < -0.4 is 21.7 Å². The van der Waals surface area contributed by atoms with Crippen molar-refractivity contribution < 1.29 is 43.0 Å². The molecule has 1 aromatic carbocycles. The van der Waals surface area contributed by atoms with E-state index in [0.717, 1.165) is 10.5 Å². The molecule has 15 heteroatoms. The van der Waals surface area contributed by atoms with Crippen LogP contribution in [-0.2, 0) is 49.5 Å². The summed E-state index contributed by atoms with van der Waals surface area (Å²) in [6, 6.07) is 7.23. The normalized spacial score (nSPS) is 14.3. The zero-order valence-corrected chi connectivity index (χ0v) is 27.1. The number of anilines is 1. The predicted octanol–water partition coefficient (Wildman–Crippen LogP) is 0.361. The summed E-state index contributed by atoms with van der Waals surface area (Å²) in [6.45, 7) is 3.05. The molecule has 1 heterocycles. The van der Waals surface area contributed by atoms with Crippen molar-refractivity contribution in [2.75, 3.05) is 63.7 Å². The number of rotatable bonds is 24. The number of carbonyl (C=O) groups excluding carboxylic acids is 7. The summed E-state index contributed by atoms with van der Waals surface area (Å²) in [4.78, 5) is 84.1. The van der Waals surface area contributed by atoms with E-state index in [4.69, 9.17) is 15.2 Å². The molecule has 1 aliphatic heterocycles. The van der Waals surface area contributed by atoms with Gasteiger partial charge < -0.3 is 31.2 Å². The number of nitrogens with one attached hydrogen (secondary N) is 3. The van der Waals surface area contributed by atoms with Crippen LogP contribution in [0.15, 0.2) is 24.3 Å². The molecule has 0 aliphatic carbocycles. The van der Waals surface area contributed by atoms with Gasteiger partial charge in [0.2, 0.25) is 29.5 Å². The first-order valence-electron chi connectivity index (χ1n) is 15.3. The Bertz CT molecular complexity index is 1200. The quantitative estimate of drug-likeness (QED) is 0.0878. The van der Waals surface area contributed by atoms with E-state index in [-0.39, 0.29) is 113 Å². The number of hydrogen-bond acceptors (Lipinski definition) is 11. The Morgan fingerprint density at radius 2 is 1.52 bits per heavy atom. The minimum Gasteiger partial charge on any atom is -0.379 e. The summed E-state index contributed by atoms with van der Waals surface area (Å²) in [7, 11) is 0. The van der Waals surface area contributed by atoms with Crippen LogP contribution in [0.5, 0.6) is 0 Å². The minimum atomic E-state index is -0.534. The number of nitrogens with two attached hydrogens (primary N) is 1. The highest BCUT2D eigenvalue weighted by Gasteiger charge is 2.38. The molecule has 1 unspecified atom stereocenters. The van der Waals surface area contributed by atoms with E-state index in [9.17, 15) is 33.6 Å². The number of thioether (sulfide) groups is 1. The SMILES string of the molecule is CC(=O)CCNC(=O)CCc1ccc(NC(=O)CCOCCOCCNC(=O)CCN2C(=O)CC(SCCC(=O)CN)C2=O)cc1. The van der Waals surface area contributed by atoms with E-state index < -0.39 is 5.25 Å². The number of ketones is 2. The summed E-state index contributed by atoms with van der Waals surface area (Å²) in [5.74, 6) is -0.936. The first-order chi connectivity index (χ1) is 22.1. The highest BCUT2D eigenvalue weighted by Crippen LogP contribution is 2.25. The molecule has 1 aliphatic rings. The lowest BCUT2D eigenvalue weighted by molar-refractivity contribution is -0.138. The van der Waals surface area contributed by atoms with Crippen molar-refractivity contribution in [2.45, 2.75) is 57.1 Å². The zero-order chi connectivity index (χ0) is 33.7. The topological polar surface area (TPSA) is 203 Å². The van der Waals surface area contributed by atoms with Crippen LogP contribution in [0.4, 0.5) is 5.69 Å². The summed E-state index contributed by atoms with van der Waals surface area (Å²) >= 11 is 1.26. The molecule has 1 aromatic rings. The molecular weight excluding hydrogens is 618 g/mol. The van der Waals surface area contributed by atoms with Crippen molar-refractivity contribution in [1.29, 1.82) is 0 Å². The van der Waals surface area contributed by atoms with Crippen molar-refractivity contribution in [3.8, 4) is 0 Å². The van der Waals surface area contributed by atoms with E-state index in [2.05, 4.69) is 16.0 Å². The van der Waals surface area contributed by atoms with Crippen LogP contribution in [0.3, 0.4) is 0 Å². The van der Waals surface area contributed by atoms with Crippen molar-refractivity contribution in [3.63, 3.8) is 0 Å². The first kappa shape index (κ1) is 38.5. The second-order valence-electron chi connectivity index (χ2n) is 10.6. The number of benzene rings is 1. The highest BCUT2D eigenvalue weighted by molar-refractivity contribution is 8.00. The highest BCUT2D eigenvalue weighted by atomic mass is 32.2. The predicted molar refractivity (Wildman–Crippen MR) is 172 cm³/mol. The Kier molecular flexibility index (Phi) is 18.4. The lowest BCUT2D eigenvalue weighted by Crippen LogP contribution is -2.36. The minimum absolute atomic E-state index is 0.000735. The lowest BCUT2D eigenvalue weighted by Gasteiger charge is -2.14. The molecule has 254 valence electrons. The maximum Gasteiger partial charge on any atom is 0.242 e. The van der Waals surface area contributed by atoms with Gasteiger partial charge >= 0.3 is 0 Å². The van der Waals surface area contributed by atoms with Gasteiger partial charge in [0.25, 0.3) is 0 Å². The monoisotopic (exact) mass is 663 g/mol.